The van der Waals surface area contributed by atoms with Gasteiger partial charge in [-0.2, -0.15) is 13.2 Å². The summed E-state index contributed by atoms with van der Waals surface area (Å²) in [6, 6.07) is 8.53. The average Bonchev–Trinajstić information content (AvgIpc) is 3.03. The van der Waals surface area contributed by atoms with Crippen molar-refractivity contribution in [2.24, 2.45) is 0 Å². The lowest BCUT2D eigenvalue weighted by atomic mass is 10.0. The van der Waals surface area contributed by atoms with Crippen molar-refractivity contribution in [3.05, 3.63) is 65.0 Å². The number of hydrogen-bond acceptors (Lipinski definition) is 3. The molecule has 1 aromatic heterocycles. The van der Waals surface area contributed by atoms with Crippen molar-refractivity contribution < 1.29 is 17.9 Å². The maximum Gasteiger partial charge on any atom is 0.416 e. The van der Waals surface area contributed by atoms with Crippen LogP contribution < -0.4 is 4.90 Å². The average molecular weight is 429 g/mol. The van der Waals surface area contributed by atoms with Crippen LogP contribution in [0.4, 0.5) is 18.9 Å². The molecule has 31 heavy (non-hydrogen) atoms. The first-order valence-electron chi connectivity index (χ1n) is 10.3. The number of aryl methyl sites for hydroxylation is 1. The molecule has 1 saturated heterocycles. The molecule has 164 valence electrons. The highest BCUT2D eigenvalue weighted by Crippen LogP contribution is 2.35. The topological polar surface area (TPSA) is 30.3 Å². The zero-order valence-electron chi connectivity index (χ0n) is 18.0. The number of nitrogens with zero attached hydrogens (tertiary/aromatic N) is 3. The van der Waals surface area contributed by atoms with Crippen LogP contribution in [0.25, 0.3) is 16.6 Å². The number of halogens is 3. The molecule has 1 aliphatic heterocycles. The lowest BCUT2D eigenvalue weighted by Gasteiger charge is -2.29. The van der Waals surface area contributed by atoms with Crippen molar-refractivity contribution in [2.75, 3.05) is 31.2 Å². The number of allylic oxidation sites excluding steroid dienone is 1. The van der Waals surface area contributed by atoms with Crippen LogP contribution >= 0.6 is 0 Å². The fraction of sp³-hybridized carbons (Fsp3) is 0.375. The molecule has 0 atom stereocenters. The normalized spacial score (nSPS) is 15.0. The van der Waals surface area contributed by atoms with Crippen molar-refractivity contribution in [1.29, 1.82) is 0 Å². The molecular formula is C24H26F3N3O. The highest BCUT2D eigenvalue weighted by atomic mass is 19.4. The molecule has 3 aromatic rings. The number of rotatable bonds is 4. The molecule has 0 bridgehead atoms. The molecule has 1 fully saturated rings. The Balaban J connectivity index is 1.84. The van der Waals surface area contributed by atoms with Crippen LogP contribution in [0.5, 0.6) is 0 Å². The summed E-state index contributed by atoms with van der Waals surface area (Å²) < 4.78 is 47.7. The molecule has 2 heterocycles. The number of benzene rings is 2. The van der Waals surface area contributed by atoms with Crippen LogP contribution in [-0.4, -0.2) is 35.9 Å². The van der Waals surface area contributed by atoms with Gasteiger partial charge in [-0.25, -0.2) is 4.98 Å². The smallest absolute Gasteiger partial charge is 0.378 e. The first kappa shape index (κ1) is 21.4. The quantitative estimate of drug-likeness (QED) is 0.542. The summed E-state index contributed by atoms with van der Waals surface area (Å²) in [7, 11) is 0. The minimum Gasteiger partial charge on any atom is -0.378 e. The van der Waals surface area contributed by atoms with Gasteiger partial charge in [-0.3, -0.25) is 0 Å². The van der Waals surface area contributed by atoms with Crippen molar-refractivity contribution in [1.82, 2.24) is 9.55 Å². The largest absolute Gasteiger partial charge is 0.416 e. The molecule has 0 radical (unpaired) electrons. The molecule has 7 heteroatoms. The molecule has 0 N–H and O–H groups in total. The predicted molar refractivity (Wildman–Crippen MR) is 117 cm³/mol. The molecule has 2 aromatic carbocycles. The van der Waals surface area contributed by atoms with Gasteiger partial charge >= 0.3 is 6.18 Å². The minimum atomic E-state index is -4.37. The van der Waals surface area contributed by atoms with Gasteiger partial charge in [0.15, 0.2) is 0 Å². The van der Waals surface area contributed by atoms with Crippen LogP contribution in [0.15, 0.2) is 36.9 Å². The van der Waals surface area contributed by atoms with E-state index in [0.29, 0.717) is 25.3 Å². The van der Waals surface area contributed by atoms with Gasteiger partial charge in [0.1, 0.15) is 5.82 Å². The maximum atomic E-state index is 13.4. The van der Waals surface area contributed by atoms with Gasteiger partial charge in [-0.1, -0.05) is 18.7 Å². The number of ether oxygens (including phenoxy) is 1. The Morgan fingerprint density at radius 2 is 1.87 bits per heavy atom. The van der Waals surface area contributed by atoms with Crippen LogP contribution in [0.3, 0.4) is 0 Å². The standard InChI is InChI=1S/C24H26F3N3O/c1-15(2)20-12-19(29-8-10-31-11-9-29)13-22-23(20)28-17(4)30(22)14-18-6-5-7-21(16(18)3)24(25,26)27/h5-7,12-13H,1,8-11,14H2,2-4H3. The Bertz CT molecular complexity index is 1140. The van der Waals surface area contributed by atoms with E-state index < -0.39 is 11.7 Å². The SMILES string of the molecule is C=C(C)c1cc(N2CCOCC2)cc2c1nc(C)n2Cc1cccc(C(F)(F)F)c1C. The second-order valence-corrected chi connectivity index (χ2v) is 8.07. The van der Waals surface area contributed by atoms with Gasteiger partial charge in [0.2, 0.25) is 0 Å². The number of imidazole rings is 1. The third-order valence-corrected chi connectivity index (χ3v) is 5.95. The van der Waals surface area contributed by atoms with Gasteiger partial charge in [-0.15, -0.1) is 0 Å². The van der Waals surface area contributed by atoms with Gasteiger partial charge in [0.05, 0.1) is 29.8 Å². The van der Waals surface area contributed by atoms with Crippen LogP contribution in [-0.2, 0) is 17.5 Å². The molecule has 4 rings (SSSR count). The summed E-state index contributed by atoms with van der Waals surface area (Å²) >= 11 is 0. The van der Waals surface area contributed by atoms with Crippen LogP contribution in [0.1, 0.15) is 35.0 Å². The van der Waals surface area contributed by atoms with Gasteiger partial charge < -0.3 is 14.2 Å². The molecule has 1 aliphatic rings. The summed E-state index contributed by atoms with van der Waals surface area (Å²) in [6.45, 7) is 12.7. The van der Waals surface area contributed by atoms with E-state index in [1.165, 1.54) is 13.0 Å². The zero-order valence-corrected chi connectivity index (χ0v) is 18.0. The summed E-state index contributed by atoms with van der Waals surface area (Å²) in [6.07, 6.45) is -4.37. The highest BCUT2D eigenvalue weighted by Gasteiger charge is 2.33. The van der Waals surface area contributed by atoms with Gasteiger partial charge in [0, 0.05) is 30.9 Å². The molecule has 0 unspecified atom stereocenters. The van der Waals surface area contributed by atoms with Gasteiger partial charge in [-0.05, 0) is 55.7 Å². The molecule has 0 amide bonds. The molecular weight excluding hydrogens is 403 g/mol. The van der Waals surface area contributed by atoms with E-state index in [0.717, 1.165) is 52.8 Å². The number of anilines is 1. The molecule has 0 aliphatic carbocycles. The fourth-order valence-electron chi connectivity index (χ4n) is 4.19. The number of hydrogen-bond donors (Lipinski definition) is 0. The number of aromatic nitrogens is 2. The van der Waals surface area contributed by atoms with Crippen molar-refractivity contribution in [2.45, 2.75) is 33.5 Å². The van der Waals surface area contributed by atoms with Crippen molar-refractivity contribution in [3.63, 3.8) is 0 Å². The van der Waals surface area contributed by atoms with Crippen LogP contribution in [0.2, 0.25) is 0 Å². The molecule has 4 nitrogen and oxygen atoms in total. The van der Waals surface area contributed by atoms with Crippen molar-refractivity contribution in [3.8, 4) is 0 Å². The third-order valence-electron chi connectivity index (χ3n) is 5.95. The third kappa shape index (κ3) is 4.06. The lowest BCUT2D eigenvalue weighted by molar-refractivity contribution is -0.138. The van der Waals surface area contributed by atoms with Crippen LogP contribution in [0, 0.1) is 13.8 Å². The first-order valence-corrected chi connectivity index (χ1v) is 10.3. The van der Waals surface area contributed by atoms with E-state index in [-0.39, 0.29) is 5.56 Å². The number of alkyl halides is 3. The number of morpholine rings is 1. The number of fused-ring (bicyclic) bond motifs is 1. The van der Waals surface area contributed by atoms with E-state index in [1.54, 1.807) is 6.07 Å². The summed E-state index contributed by atoms with van der Waals surface area (Å²) in [5.41, 5.74) is 4.93. The first-order chi connectivity index (χ1) is 14.7. The molecule has 0 saturated carbocycles. The zero-order chi connectivity index (χ0) is 22.3. The Morgan fingerprint density at radius 1 is 1.16 bits per heavy atom. The summed E-state index contributed by atoms with van der Waals surface area (Å²) in [5.74, 6) is 0.758. The summed E-state index contributed by atoms with van der Waals surface area (Å²) in [4.78, 5) is 7.02. The lowest BCUT2D eigenvalue weighted by Crippen LogP contribution is -2.36. The van der Waals surface area contributed by atoms with E-state index in [9.17, 15) is 13.2 Å². The van der Waals surface area contributed by atoms with E-state index in [2.05, 4.69) is 23.6 Å². The van der Waals surface area contributed by atoms with Crippen molar-refractivity contribution >= 4 is 22.3 Å². The summed E-state index contributed by atoms with van der Waals surface area (Å²) in [5, 5.41) is 0. The second-order valence-electron chi connectivity index (χ2n) is 8.07. The van der Waals surface area contributed by atoms with Gasteiger partial charge in [0.25, 0.3) is 0 Å². The van der Waals surface area contributed by atoms with E-state index >= 15 is 0 Å². The fourth-order valence-corrected chi connectivity index (χ4v) is 4.19. The Hall–Kier alpha value is -2.80. The van der Waals surface area contributed by atoms with E-state index in [1.807, 2.05) is 18.4 Å². The second kappa shape index (κ2) is 8.04. The van der Waals surface area contributed by atoms with E-state index in [4.69, 9.17) is 9.72 Å². The predicted octanol–water partition coefficient (Wildman–Crippen LogP) is 5.59. The molecule has 0 spiro atoms. The Morgan fingerprint density at radius 3 is 2.52 bits per heavy atom. The Labute approximate surface area is 179 Å². The Kier molecular flexibility index (Phi) is 5.56. The maximum absolute atomic E-state index is 13.4. The minimum absolute atomic E-state index is 0.251. The highest BCUT2D eigenvalue weighted by molar-refractivity contribution is 5.92. The monoisotopic (exact) mass is 429 g/mol.